The molecule has 2 heterocycles. The van der Waals surface area contributed by atoms with Gasteiger partial charge in [-0.2, -0.15) is 5.11 Å². The van der Waals surface area contributed by atoms with E-state index in [0.717, 1.165) is 62.7 Å². The Morgan fingerprint density at radius 3 is 2.81 bits per heavy atom. The number of nitrogens with one attached hydrogen (secondary N) is 2. The van der Waals surface area contributed by atoms with Crippen molar-refractivity contribution in [1.82, 2.24) is 20.6 Å². The van der Waals surface area contributed by atoms with Gasteiger partial charge in [-0.05, 0) is 45.3 Å². The minimum absolute atomic E-state index is 0.347. The summed E-state index contributed by atoms with van der Waals surface area (Å²) >= 11 is 0. The van der Waals surface area contributed by atoms with Crippen molar-refractivity contribution in [2.75, 3.05) is 31.6 Å². The predicted octanol–water partition coefficient (Wildman–Crippen LogP) is 3.60. The Kier molecular flexibility index (Phi) is 8.39. The van der Waals surface area contributed by atoms with Crippen LogP contribution in [0.4, 0.5) is 5.95 Å². The highest BCUT2D eigenvalue weighted by molar-refractivity contribution is 5.33. The van der Waals surface area contributed by atoms with E-state index in [1.807, 2.05) is 6.20 Å². The topological polar surface area (TPSA) is 77.8 Å². The van der Waals surface area contributed by atoms with Gasteiger partial charge in [0.05, 0.1) is 0 Å². The van der Waals surface area contributed by atoms with Gasteiger partial charge in [0.2, 0.25) is 5.95 Å². The molecule has 0 aliphatic carbocycles. The Balaban J connectivity index is 2.07. The van der Waals surface area contributed by atoms with Crippen molar-refractivity contribution in [3.05, 3.63) is 42.6 Å². The molecule has 7 nitrogen and oxygen atoms in total. The lowest BCUT2D eigenvalue weighted by molar-refractivity contribution is 0.452. The molecule has 0 unspecified atom stereocenters. The normalized spacial score (nSPS) is 16.3. The largest absolute Gasteiger partial charge is 0.343 e. The summed E-state index contributed by atoms with van der Waals surface area (Å²) in [6, 6.07) is 2.41. The second kappa shape index (κ2) is 10.8. The number of hydrogen-bond donors (Lipinski definition) is 2. The van der Waals surface area contributed by atoms with Gasteiger partial charge in [0.25, 0.3) is 0 Å². The van der Waals surface area contributed by atoms with Crippen LogP contribution in [0.3, 0.4) is 0 Å². The number of nitrogens with zero attached hydrogens (tertiary/aromatic N) is 5. The predicted molar refractivity (Wildman–Crippen MR) is 111 cm³/mol. The molecule has 2 rings (SSSR count). The zero-order chi connectivity index (χ0) is 19.6. The van der Waals surface area contributed by atoms with E-state index in [2.05, 4.69) is 63.8 Å². The van der Waals surface area contributed by atoms with Crippen LogP contribution in [-0.2, 0) is 0 Å². The minimum Gasteiger partial charge on any atom is -0.343 e. The van der Waals surface area contributed by atoms with E-state index in [1.54, 1.807) is 7.05 Å². The molecule has 1 atom stereocenters. The Hall–Kier alpha value is -2.28. The van der Waals surface area contributed by atoms with E-state index in [4.69, 9.17) is 4.98 Å². The van der Waals surface area contributed by atoms with Crippen molar-refractivity contribution in [2.24, 2.45) is 10.2 Å². The van der Waals surface area contributed by atoms with Crippen LogP contribution in [0.2, 0.25) is 0 Å². The van der Waals surface area contributed by atoms with Crippen LogP contribution in [0.25, 0.3) is 0 Å². The first-order chi connectivity index (χ1) is 13.0. The van der Waals surface area contributed by atoms with Gasteiger partial charge in [0.15, 0.2) is 0 Å². The average molecular weight is 372 g/mol. The summed E-state index contributed by atoms with van der Waals surface area (Å²) in [5.41, 5.74) is 2.01. The van der Waals surface area contributed by atoms with Crippen molar-refractivity contribution in [1.29, 1.82) is 0 Å². The number of piperidine rings is 1. The lowest BCUT2D eigenvalue weighted by Gasteiger charge is -2.30. The van der Waals surface area contributed by atoms with Crippen LogP contribution in [0.5, 0.6) is 0 Å². The molecule has 0 spiro atoms. The maximum Gasteiger partial charge on any atom is 0.225 e. The van der Waals surface area contributed by atoms with Crippen molar-refractivity contribution in [3.63, 3.8) is 0 Å². The highest BCUT2D eigenvalue weighted by atomic mass is 15.3. The summed E-state index contributed by atoms with van der Waals surface area (Å²) in [6.45, 7) is 15.2. The lowest BCUT2D eigenvalue weighted by atomic mass is 9.94. The number of rotatable bonds is 10. The maximum atomic E-state index is 4.92. The monoisotopic (exact) mass is 371 g/mol. The van der Waals surface area contributed by atoms with Crippen molar-refractivity contribution >= 4 is 5.95 Å². The maximum absolute atomic E-state index is 4.92. The van der Waals surface area contributed by atoms with Crippen molar-refractivity contribution in [3.8, 4) is 0 Å². The molecule has 0 radical (unpaired) electrons. The molecule has 7 heteroatoms. The number of hydrogen-bond acceptors (Lipinski definition) is 7. The first kappa shape index (κ1) is 21.0. The van der Waals surface area contributed by atoms with Crippen LogP contribution in [-0.4, -0.2) is 42.7 Å². The van der Waals surface area contributed by atoms with Gasteiger partial charge in [0.1, 0.15) is 5.82 Å². The molecule has 1 aliphatic heterocycles. The molecule has 1 fully saturated rings. The first-order valence-electron chi connectivity index (χ1n) is 9.79. The first-order valence-corrected chi connectivity index (χ1v) is 9.79. The summed E-state index contributed by atoms with van der Waals surface area (Å²) in [7, 11) is 1.62. The summed E-state index contributed by atoms with van der Waals surface area (Å²) in [6.07, 6.45) is 5.94. The third kappa shape index (κ3) is 6.43. The Morgan fingerprint density at radius 2 is 2.15 bits per heavy atom. The highest BCUT2D eigenvalue weighted by Gasteiger charge is 2.20. The van der Waals surface area contributed by atoms with Crippen LogP contribution < -0.4 is 15.5 Å². The van der Waals surface area contributed by atoms with Crippen molar-refractivity contribution < 1.29 is 0 Å². The Labute approximate surface area is 163 Å². The van der Waals surface area contributed by atoms with Crippen LogP contribution >= 0.6 is 0 Å². The van der Waals surface area contributed by atoms with Crippen molar-refractivity contribution in [2.45, 2.75) is 51.5 Å². The highest BCUT2D eigenvalue weighted by Crippen LogP contribution is 2.25. The lowest BCUT2D eigenvalue weighted by Crippen LogP contribution is -2.36. The van der Waals surface area contributed by atoms with Gasteiger partial charge in [0, 0.05) is 49.6 Å². The van der Waals surface area contributed by atoms with E-state index in [9.17, 15) is 0 Å². The summed E-state index contributed by atoms with van der Waals surface area (Å²) in [4.78, 5) is 11.8. The fourth-order valence-electron chi connectivity index (χ4n) is 3.25. The third-order valence-corrected chi connectivity index (χ3v) is 5.00. The quantitative estimate of drug-likeness (QED) is 0.615. The smallest absolute Gasteiger partial charge is 0.225 e. The third-order valence-electron chi connectivity index (χ3n) is 5.00. The Morgan fingerprint density at radius 1 is 1.41 bits per heavy atom. The molecule has 0 aromatic carbocycles. The number of aromatic nitrogens is 2. The zero-order valence-electron chi connectivity index (χ0n) is 16.9. The van der Waals surface area contributed by atoms with E-state index >= 15 is 0 Å². The molecule has 1 aromatic rings. The molecule has 1 aliphatic rings. The van der Waals surface area contributed by atoms with Gasteiger partial charge in [-0.1, -0.05) is 20.1 Å². The number of azo groups is 1. The van der Waals surface area contributed by atoms with Crippen LogP contribution in [0, 0.1) is 0 Å². The van der Waals surface area contributed by atoms with E-state index < -0.39 is 0 Å². The van der Waals surface area contributed by atoms with Gasteiger partial charge >= 0.3 is 0 Å². The summed E-state index contributed by atoms with van der Waals surface area (Å²) in [5.74, 6) is 1.83. The van der Waals surface area contributed by atoms with Crippen LogP contribution in [0.1, 0.15) is 51.1 Å². The van der Waals surface area contributed by atoms with E-state index in [-0.39, 0.29) is 0 Å². The molecule has 2 N–H and O–H groups in total. The summed E-state index contributed by atoms with van der Waals surface area (Å²) in [5, 5.41) is 14.1. The molecule has 0 amide bonds. The fourth-order valence-corrected chi connectivity index (χ4v) is 3.25. The van der Waals surface area contributed by atoms with Crippen LogP contribution in [0.15, 0.2) is 47.2 Å². The average Bonchev–Trinajstić information content (AvgIpc) is 2.69. The SMILES string of the molecule is C=C(CCN(c1nccc(C2CCNCC2)n1)[C@H](C)CC)NC(=C)N=NC. The fraction of sp³-hybridized carbons (Fsp3) is 0.600. The van der Waals surface area contributed by atoms with E-state index in [0.29, 0.717) is 17.8 Å². The molecule has 0 bridgehead atoms. The van der Waals surface area contributed by atoms with Gasteiger partial charge in [-0.25, -0.2) is 9.97 Å². The Bertz CT molecular complexity index is 649. The second-order valence-corrected chi connectivity index (χ2v) is 6.98. The molecular formula is C20H33N7. The summed E-state index contributed by atoms with van der Waals surface area (Å²) < 4.78 is 0. The molecule has 1 saturated heterocycles. The van der Waals surface area contributed by atoms with E-state index in [1.165, 1.54) is 0 Å². The minimum atomic E-state index is 0.347. The second-order valence-electron chi connectivity index (χ2n) is 6.98. The van der Waals surface area contributed by atoms with Gasteiger partial charge in [-0.3, -0.25) is 0 Å². The molecule has 148 valence electrons. The number of anilines is 1. The standard InChI is InChI=1S/C20H33N7/c1-6-16(3)27(14-10-15(2)24-17(4)26-21-5)20-23-13-9-19(25-20)18-7-11-22-12-8-18/h9,13,16,18,22,24H,2,4,6-8,10-12,14H2,1,3,5H3/t16-/m1/s1. The molecular weight excluding hydrogens is 338 g/mol. The molecule has 0 saturated carbocycles. The molecule has 27 heavy (non-hydrogen) atoms. The van der Waals surface area contributed by atoms with Gasteiger partial charge < -0.3 is 15.5 Å². The molecule has 1 aromatic heterocycles. The zero-order valence-corrected chi connectivity index (χ0v) is 16.9. The van der Waals surface area contributed by atoms with Gasteiger partial charge in [-0.15, -0.1) is 5.11 Å².